The maximum Gasteiger partial charge on any atom is 0.0701 e. The van der Waals surface area contributed by atoms with Gasteiger partial charge in [-0.3, -0.25) is 11.3 Å². The van der Waals surface area contributed by atoms with Crippen LogP contribution in [0.1, 0.15) is 28.3 Å². The van der Waals surface area contributed by atoms with Crippen LogP contribution in [0.2, 0.25) is 0 Å². The molecule has 0 fully saturated rings. The predicted molar refractivity (Wildman–Crippen MR) is 81.7 cm³/mol. The summed E-state index contributed by atoms with van der Waals surface area (Å²) in [5.41, 5.74) is 8.05. The van der Waals surface area contributed by atoms with Crippen molar-refractivity contribution in [3.05, 3.63) is 55.7 Å². The second kappa shape index (κ2) is 5.97. The lowest BCUT2D eigenvalue weighted by Crippen LogP contribution is -2.29. The number of hydrazine groups is 1. The van der Waals surface area contributed by atoms with Gasteiger partial charge in [0.2, 0.25) is 0 Å². The van der Waals surface area contributed by atoms with E-state index in [1.54, 1.807) is 11.3 Å². The number of hydrogen-bond acceptors (Lipinski definition) is 3. The smallest absolute Gasteiger partial charge is 0.0701 e. The quantitative estimate of drug-likeness (QED) is 0.661. The lowest BCUT2D eigenvalue weighted by molar-refractivity contribution is 0.553. The molecule has 4 heteroatoms. The molecule has 0 saturated heterocycles. The van der Waals surface area contributed by atoms with Crippen molar-refractivity contribution in [2.45, 2.75) is 26.3 Å². The lowest BCUT2D eigenvalue weighted by atomic mass is 9.98. The Labute approximate surface area is 120 Å². The third kappa shape index (κ3) is 3.42. The van der Waals surface area contributed by atoms with Gasteiger partial charge in [-0.2, -0.15) is 0 Å². The molecule has 3 N–H and O–H groups in total. The van der Waals surface area contributed by atoms with E-state index in [1.165, 1.54) is 22.3 Å². The Hall–Kier alpha value is -0.680. The van der Waals surface area contributed by atoms with Crippen LogP contribution in [-0.4, -0.2) is 0 Å². The summed E-state index contributed by atoms with van der Waals surface area (Å²) in [5, 5.41) is 2.14. The number of halogens is 1. The molecule has 0 bridgehead atoms. The number of nitrogens with one attached hydrogen (secondary N) is 1. The van der Waals surface area contributed by atoms with Crippen molar-refractivity contribution < 1.29 is 0 Å². The maximum atomic E-state index is 5.68. The molecule has 0 amide bonds. The Morgan fingerprint density at radius 2 is 1.89 bits per heavy atom. The van der Waals surface area contributed by atoms with Gasteiger partial charge in [-0.25, -0.2) is 0 Å². The fourth-order valence-electron chi connectivity index (χ4n) is 2.20. The molecule has 0 spiro atoms. The Morgan fingerprint density at radius 3 is 2.39 bits per heavy atom. The second-order valence-corrected chi connectivity index (χ2v) is 6.89. The van der Waals surface area contributed by atoms with Gasteiger partial charge in [0.15, 0.2) is 0 Å². The Balaban J connectivity index is 2.20. The van der Waals surface area contributed by atoms with E-state index in [9.17, 15) is 0 Å². The third-order valence-electron chi connectivity index (χ3n) is 2.91. The molecule has 0 aliphatic heterocycles. The van der Waals surface area contributed by atoms with Gasteiger partial charge >= 0.3 is 0 Å². The van der Waals surface area contributed by atoms with Gasteiger partial charge in [0.1, 0.15) is 0 Å². The lowest BCUT2D eigenvalue weighted by Gasteiger charge is -2.15. The van der Waals surface area contributed by atoms with E-state index in [0.717, 1.165) is 10.2 Å². The Kier molecular flexibility index (Phi) is 4.56. The molecule has 1 aromatic heterocycles. The molecule has 0 radical (unpaired) electrons. The number of nitrogens with two attached hydrogens (primary N) is 1. The standard InChI is InChI=1S/C14H17BrN2S/c1-9-3-10(2)5-11(4-9)6-13(17-16)12-7-14(15)18-8-12/h3-5,7-8,13,17H,6,16H2,1-2H3. The average Bonchev–Trinajstić information content (AvgIpc) is 2.71. The summed E-state index contributed by atoms with van der Waals surface area (Å²) in [4.78, 5) is 0. The number of rotatable bonds is 4. The van der Waals surface area contributed by atoms with E-state index in [1.807, 2.05) is 0 Å². The van der Waals surface area contributed by atoms with E-state index in [0.29, 0.717) is 0 Å². The van der Waals surface area contributed by atoms with Crippen LogP contribution < -0.4 is 11.3 Å². The molecule has 1 unspecified atom stereocenters. The van der Waals surface area contributed by atoms with Crippen molar-refractivity contribution in [1.29, 1.82) is 0 Å². The SMILES string of the molecule is Cc1cc(C)cc(CC(NN)c2csc(Br)c2)c1. The Bertz CT molecular complexity index is 516. The van der Waals surface area contributed by atoms with Gasteiger partial charge in [-0.05, 0) is 58.8 Å². The highest BCUT2D eigenvalue weighted by molar-refractivity contribution is 9.11. The van der Waals surface area contributed by atoms with Gasteiger partial charge < -0.3 is 0 Å². The summed E-state index contributed by atoms with van der Waals surface area (Å²) in [6, 6.07) is 8.92. The average molecular weight is 325 g/mol. The molecule has 0 saturated carbocycles. The summed E-state index contributed by atoms with van der Waals surface area (Å²) >= 11 is 5.17. The van der Waals surface area contributed by atoms with Gasteiger partial charge in [-0.15, -0.1) is 11.3 Å². The molecule has 0 aliphatic rings. The first-order chi connectivity index (χ1) is 8.58. The van der Waals surface area contributed by atoms with E-state index < -0.39 is 0 Å². The molecule has 2 nitrogen and oxygen atoms in total. The third-order valence-corrected chi connectivity index (χ3v) is 4.44. The van der Waals surface area contributed by atoms with Crippen LogP contribution in [0, 0.1) is 13.8 Å². The number of hydrogen-bond donors (Lipinski definition) is 2. The highest BCUT2D eigenvalue weighted by Crippen LogP contribution is 2.27. The molecule has 1 aromatic carbocycles. The second-order valence-electron chi connectivity index (χ2n) is 4.60. The van der Waals surface area contributed by atoms with Crippen LogP contribution in [0.15, 0.2) is 33.4 Å². The first-order valence-electron chi connectivity index (χ1n) is 5.85. The number of benzene rings is 1. The topological polar surface area (TPSA) is 38.0 Å². The first kappa shape index (κ1) is 13.7. The van der Waals surface area contributed by atoms with E-state index in [4.69, 9.17) is 5.84 Å². The van der Waals surface area contributed by atoms with Crippen LogP contribution in [0.4, 0.5) is 0 Å². The minimum Gasteiger partial charge on any atom is -0.271 e. The van der Waals surface area contributed by atoms with Crippen molar-refractivity contribution in [3.8, 4) is 0 Å². The molecule has 2 aromatic rings. The minimum atomic E-state index is 0.161. The van der Waals surface area contributed by atoms with Crippen LogP contribution in [0.5, 0.6) is 0 Å². The van der Waals surface area contributed by atoms with Gasteiger partial charge in [0.05, 0.1) is 9.83 Å². The summed E-state index contributed by atoms with van der Waals surface area (Å²) in [5.74, 6) is 5.68. The zero-order valence-electron chi connectivity index (χ0n) is 10.5. The molecule has 0 aliphatic carbocycles. The zero-order valence-corrected chi connectivity index (χ0v) is 12.9. The summed E-state index contributed by atoms with van der Waals surface area (Å²) in [7, 11) is 0. The van der Waals surface area contributed by atoms with Crippen LogP contribution in [0.3, 0.4) is 0 Å². The summed E-state index contributed by atoms with van der Waals surface area (Å²) < 4.78 is 1.14. The molecular formula is C14H17BrN2S. The van der Waals surface area contributed by atoms with Gasteiger partial charge in [0.25, 0.3) is 0 Å². The van der Waals surface area contributed by atoms with E-state index in [-0.39, 0.29) is 6.04 Å². The highest BCUT2D eigenvalue weighted by atomic mass is 79.9. The zero-order chi connectivity index (χ0) is 13.1. The van der Waals surface area contributed by atoms with E-state index >= 15 is 0 Å². The van der Waals surface area contributed by atoms with Crippen LogP contribution in [-0.2, 0) is 6.42 Å². The number of thiophene rings is 1. The fraction of sp³-hybridized carbons (Fsp3) is 0.286. The molecule has 2 rings (SSSR count). The molecule has 1 heterocycles. The van der Waals surface area contributed by atoms with E-state index in [2.05, 4.69) is 64.8 Å². The largest absolute Gasteiger partial charge is 0.271 e. The summed E-state index contributed by atoms with van der Waals surface area (Å²) in [6.07, 6.45) is 0.905. The van der Waals surface area contributed by atoms with Crippen LogP contribution >= 0.6 is 27.3 Å². The van der Waals surface area contributed by atoms with Gasteiger partial charge in [-0.1, -0.05) is 29.3 Å². The Morgan fingerprint density at radius 1 is 1.22 bits per heavy atom. The molecular weight excluding hydrogens is 308 g/mol. The fourth-order valence-corrected chi connectivity index (χ4v) is 3.43. The van der Waals surface area contributed by atoms with Crippen molar-refractivity contribution in [3.63, 3.8) is 0 Å². The molecule has 96 valence electrons. The van der Waals surface area contributed by atoms with Crippen molar-refractivity contribution >= 4 is 27.3 Å². The van der Waals surface area contributed by atoms with Gasteiger partial charge in [0, 0.05) is 0 Å². The highest BCUT2D eigenvalue weighted by Gasteiger charge is 2.12. The van der Waals surface area contributed by atoms with Crippen molar-refractivity contribution in [2.24, 2.45) is 5.84 Å². The normalized spacial score (nSPS) is 12.7. The number of aryl methyl sites for hydroxylation is 2. The van der Waals surface area contributed by atoms with Crippen molar-refractivity contribution in [2.75, 3.05) is 0 Å². The molecule has 1 atom stereocenters. The minimum absolute atomic E-state index is 0.161. The first-order valence-corrected chi connectivity index (χ1v) is 7.53. The summed E-state index contributed by atoms with van der Waals surface area (Å²) in [6.45, 7) is 4.26. The van der Waals surface area contributed by atoms with Crippen LogP contribution in [0.25, 0.3) is 0 Å². The van der Waals surface area contributed by atoms with Crippen molar-refractivity contribution in [1.82, 2.24) is 5.43 Å². The molecule has 18 heavy (non-hydrogen) atoms. The maximum absolute atomic E-state index is 5.68. The monoisotopic (exact) mass is 324 g/mol. The predicted octanol–water partition coefficient (Wildman–Crippen LogP) is 3.87.